The van der Waals surface area contributed by atoms with E-state index in [0.29, 0.717) is 17.1 Å². The van der Waals surface area contributed by atoms with Crippen LogP contribution in [0.25, 0.3) is 11.1 Å². The SMILES string of the molecule is Cc1oc2nc(=S)[nH]c(NC(=O)c3ccccc3)c2c1C. The predicted octanol–water partition coefficient (Wildman–Crippen LogP) is 3.75. The second-order valence-electron chi connectivity index (χ2n) is 4.70. The largest absolute Gasteiger partial charge is 0.443 e. The second kappa shape index (κ2) is 5.14. The minimum absolute atomic E-state index is 0.216. The summed E-state index contributed by atoms with van der Waals surface area (Å²) < 4.78 is 5.82. The van der Waals surface area contributed by atoms with Crippen molar-refractivity contribution >= 4 is 35.0 Å². The van der Waals surface area contributed by atoms with Crippen LogP contribution in [0.2, 0.25) is 0 Å². The van der Waals surface area contributed by atoms with E-state index >= 15 is 0 Å². The Kier molecular flexibility index (Phi) is 3.31. The van der Waals surface area contributed by atoms with Crippen LogP contribution in [0, 0.1) is 18.6 Å². The first-order valence-corrected chi connectivity index (χ1v) is 6.83. The monoisotopic (exact) mass is 299 g/mol. The number of anilines is 1. The normalized spacial score (nSPS) is 10.8. The van der Waals surface area contributed by atoms with Crippen molar-refractivity contribution in [3.05, 3.63) is 52.0 Å². The number of aromatic amines is 1. The van der Waals surface area contributed by atoms with Crippen LogP contribution in [0.1, 0.15) is 21.7 Å². The lowest BCUT2D eigenvalue weighted by Gasteiger charge is -2.06. The molecule has 0 spiro atoms. The fourth-order valence-corrected chi connectivity index (χ4v) is 2.33. The number of carbonyl (C=O) groups is 1. The number of amides is 1. The van der Waals surface area contributed by atoms with E-state index in [9.17, 15) is 4.79 Å². The van der Waals surface area contributed by atoms with E-state index in [1.165, 1.54) is 0 Å². The molecule has 0 saturated carbocycles. The summed E-state index contributed by atoms with van der Waals surface area (Å²) in [5, 5.41) is 3.58. The van der Waals surface area contributed by atoms with E-state index in [0.717, 1.165) is 16.7 Å². The molecule has 0 saturated heterocycles. The maximum atomic E-state index is 12.3. The standard InChI is InChI=1S/C15H13N3O2S/c1-8-9(2)20-14-11(8)12(17-15(21)18-14)16-13(19)10-6-4-3-5-7-10/h3-7H,1-2H3,(H2,16,17,18,19,21). The maximum absolute atomic E-state index is 12.3. The van der Waals surface area contributed by atoms with Crippen molar-refractivity contribution < 1.29 is 9.21 Å². The van der Waals surface area contributed by atoms with Gasteiger partial charge in [-0.2, -0.15) is 4.98 Å². The van der Waals surface area contributed by atoms with Gasteiger partial charge in [0.25, 0.3) is 5.91 Å². The molecule has 0 unspecified atom stereocenters. The summed E-state index contributed by atoms with van der Waals surface area (Å²) in [6.07, 6.45) is 0. The molecule has 0 fully saturated rings. The molecular weight excluding hydrogens is 286 g/mol. The van der Waals surface area contributed by atoms with Gasteiger partial charge in [0.05, 0.1) is 5.39 Å². The lowest BCUT2D eigenvalue weighted by molar-refractivity contribution is 0.102. The Labute approximate surface area is 126 Å². The van der Waals surface area contributed by atoms with Crippen molar-refractivity contribution in [1.82, 2.24) is 9.97 Å². The van der Waals surface area contributed by atoms with E-state index in [-0.39, 0.29) is 10.7 Å². The van der Waals surface area contributed by atoms with Gasteiger partial charge in [-0.25, -0.2) is 0 Å². The van der Waals surface area contributed by atoms with Crippen LogP contribution in [0.15, 0.2) is 34.7 Å². The average molecular weight is 299 g/mol. The van der Waals surface area contributed by atoms with Crippen molar-refractivity contribution in [2.75, 3.05) is 5.32 Å². The van der Waals surface area contributed by atoms with Gasteiger partial charge < -0.3 is 14.7 Å². The molecule has 106 valence electrons. The van der Waals surface area contributed by atoms with Gasteiger partial charge in [0, 0.05) is 11.1 Å². The number of fused-ring (bicyclic) bond motifs is 1. The molecule has 1 aromatic carbocycles. The summed E-state index contributed by atoms with van der Waals surface area (Å²) in [7, 11) is 0. The number of hydrogen-bond acceptors (Lipinski definition) is 4. The van der Waals surface area contributed by atoms with Gasteiger partial charge in [-0.15, -0.1) is 0 Å². The summed E-state index contributed by atoms with van der Waals surface area (Å²) >= 11 is 5.07. The smallest absolute Gasteiger partial charge is 0.256 e. The average Bonchev–Trinajstić information content (AvgIpc) is 2.74. The van der Waals surface area contributed by atoms with Crippen LogP contribution in [0.4, 0.5) is 5.82 Å². The van der Waals surface area contributed by atoms with Crippen molar-refractivity contribution in [3.63, 3.8) is 0 Å². The zero-order valence-electron chi connectivity index (χ0n) is 11.6. The molecule has 0 aliphatic heterocycles. The van der Waals surface area contributed by atoms with Gasteiger partial charge in [-0.1, -0.05) is 18.2 Å². The minimum atomic E-state index is -0.216. The second-order valence-corrected chi connectivity index (χ2v) is 5.09. The first kappa shape index (κ1) is 13.5. The topological polar surface area (TPSA) is 70.9 Å². The highest BCUT2D eigenvalue weighted by Crippen LogP contribution is 2.28. The van der Waals surface area contributed by atoms with Gasteiger partial charge in [0.1, 0.15) is 11.6 Å². The Morgan fingerprint density at radius 1 is 1.29 bits per heavy atom. The number of carbonyl (C=O) groups excluding carboxylic acids is 1. The molecule has 2 aromatic heterocycles. The van der Waals surface area contributed by atoms with E-state index < -0.39 is 0 Å². The number of benzene rings is 1. The molecule has 6 heteroatoms. The maximum Gasteiger partial charge on any atom is 0.256 e. The van der Waals surface area contributed by atoms with Crippen molar-refractivity contribution in [3.8, 4) is 0 Å². The Morgan fingerprint density at radius 3 is 2.71 bits per heavy atom. The Hall–Kier alpha value is -2.47. The summed E-state index contributed by atoms with van der Waals surface area (Å²) in [6.45, 7) is 3.76. The number of hydrogen-bond donors (Lipinski definition) is 2. The van der Waals surface area contributed by atoms with Crippen LogP contribution in [0.5, 0.6) is 0 Å². The molecule has 1 amide bonds. The molecule has 21 heavy (non-hydrogen) atoms. The number of nitrogens with zero attached hydrogens (tertiary/aromatic N) is 1. The number of H-pyrrole nitrogens is 1. The minimum Gasteiger partial charge on any atom is -0.443 e. The highest BCUT2D eigenvalue weighted by atomic mass is 32.1. The molecular formula is C15H13N3O2S. The molecule has 0 aliphatic carbocycles. The molecule has 3 aromatic rings. The van der Waals surface area contributed by atoms with Crippen LogP contribution in [-0.2, 0) is 0 Å². The fourth-order valence-electron chi connectivity index (χ4n) is 2.14. The van der Waals surface area contributed by atoms with Gasteiger partial charge in [0.15, 0.2) is 0 Å². The summed E-state index contributed by atoms with van der Waals surface area (Å²) in [4.78, 5) is 19.3. The van der Waals surface area contributed by atoms with E-state index in [1.807, 2.05) is 32.0 Å². The van der Waals surface area contributed by atoms with E-state index in [1.54, 1.807) is 12.1 Å². The molecule has 0 aliphatic rings. The lowest BCUT2D eigenvalue weighted by atomic mass is 10.2. The summed E-state index contributed by atoms with van der Waals surface area (Å²) in [6, 6.07) is 8.98. The van der Waals surface area contributed by atoms with Gasteiger partial charge in [-0.3, -0.25) is 4.79 Å². The van der Waals surface area contributed by atoms with Crippen LogP contribution >= 0.6 is 12.2 Å². The van der Waals surface area contributed by atoms with Gasteiger partial charge >= 0.3 is 0 Å². The van der Waals surface area contributed by atoms with E-state index in [2.05, 4.69) is 15.3 Å². The molecule has 0 radical (unpaired) electrons. The number of furan rings is 1. The van der Waals surface area contributed by atoms with Crippen LogP contribution in [0.3, 0.4) is 0 Å². The molecule has 0 bridgehead atoms. The number of rotatable bonds is 2. The third-order valence-corrected chi connectivity index (χ3v) is 3.52. The number of aromatic nitrogens is 2. The van der Waals surface area contributed by atoms with Crippen molar-refractivity contribution in [1.29, 1.82) is 0 Å². The van der Waals surface area contributed by atoms with Crippen molar-refractivity contribution in [2.45, 2.75) is 13.8 Å². The third kappa shape index (κ3) is 2.45. The Morgan fingerprint density at radius 2 is 2.00 bits per heavy atom. The van der Waals surface area contributed by atoms with Gasteiger partial charge in [0.2, 0.25) is 10.5 Å². The highest BCUT2D eigenvalue weighted by Gasteiger charge is 2.16. The Balaban J connectivity index is 2.08. The first-order chi connectivity index (χ1) is 10.1. The molecule has 2 heterocycles. The summed E-state index contributed by atoms with van der Waals surface area (Å²) in [5.74, 6) is 1.04. The van der Waals surface area contributed by atoms with Crippen LogP contribution in [-0.4, -0.2) is 15.9 Å². The zero-order valence-corrected chi connectivity index (χ0v) is 12.4. The molecule has 5 nitrogen and oxygen atoms in total. The number of nitrogens with one attached hydrogen (secondary N) is 2. The number of aryl methyl sites for hydroxylation is 2. The third-order valence-electron chi connectivity index (χ3n) is 3.33. The molecule has 3 rings (SSSR count). The van der Waals surface area contributed by atoms with Crippen molar-refractivity contribution in [2.24, 2.45) is 0 Å². The fraction of sp³-hybridized carbons (Fsp3) is 0.133. The predicted molar refractivity (Wildman–Crippen MR) is 83.1 cm³/mol. The first-order valence-electron chi connectivity index (χ1n) is 6.42. The zero-order chi connectivity index (χ0) is 15.0. The highest BCUT2D eigenvalue weighted by molar-refractivity contribution is 7.71. The quantitative estimate of drug-likeness (QED) is 0.707. The molecule has 0 atom stereocenters. The lowest BCUT2D eigenvalue weighted by Crippen LogP contribution is -2.13. The van der Waals surface area contributed by atoms with Gasteiger partial charge in [-0.05, 0) is 38.2 Å². The summed E-state index contributed by atoms with van der Waals surface area (Å²) in [5.41, 5.74) is 1.92. The molecule has 2 N–H and O–H groups in total. The van der Waals surface area contributed by atoms with E-state index in [4.69, 9.17) is 16.6 Å². The van der Waals surface area contributed by atoms with Crippen LogP contribution < -0.4 is 5.32 Å². The Bertz CT molecular complexity index is 881.